The molecule has 0 fully saturated rings. The van der Waals surface area contributed by atoms with Crippen molar-refractivity contribution in [3.8, 4) is 5.75 Å². The molecule has 0 aliphatic carbocycles. The Labute approximate surface area is 194 Å². The topological polar surface area (TPSA) is 96.9 Å². The highest BCUT2D eigenvalue weighted by atomic mass is 35.5. The molecule has 0 aromatic heterocycles. The van der Waals surface area contributed by atoms with Crippen molar-refractivity contribution in [2.24, 2.45) is 5.10 Å². The molecule has 0 bridgehead atoms. The molecule has 3 aromatic carbocycles. The van der Waals surface area contributed by atoms with Crippen LogP contribution in [0.15, 0.2) is 71.8 Å². The van der Waals surface area contributed by atoms with Gasteiger partial charge in [-0.3, -0.25) is 9.59 Å². The zero-order chi connectivity index (χ0) is 23.1. The van der Waals surface area contributed by atoms with Gasteiger partial charge in [0.15, 0.2) is 0 Å². The van der Waals surface area contributed by atoms with Crippen molar-refractivity contribution in [3.63, 3.8) is 0 Å². The summed E-state index contributed by atoms with van der Waals surface area (Å²) in [7, 11) is 0. The Morgan fingerprint density at radius 1 is 0.906 bits per heavy atom. The second-order valence-electron chi connectivity index (χ2n) is 6.53. The average molecular weight is 470 g/mol. The van der Waals surface area contributed by atoms with Gasteiger partial charge < -0.3 is 10.1 Å². The van der Waals surface area contributed by atoms with Crippen LogP contribution in [0.25, 0.3) is 0 Å². The van der Waals surface area contributed by atoms with Crippen molar-refractivity contribution in [3.05, 3.63) is 93.5 Å². The van der Waals surface area contributed by atoms with Gasteiger partial charge >= 0.3 is 17.8 Å². The molecule has 3 rings (SSSR count). The first-order valence-electron chi connectivity index (χ1n) is 9.31. The number of amides is 2. The number of hydrazone groups is 1. The van der Waals surface area contributed by atoms with E-state index < -0.39 is 17.8 Å². The van der Waals surface area contributed by atoms with Gasteiger partial charge in [0, 0.05) is 0 Å². The molecule has 0 spiro atoms. The van der Waals surface area contributed by atoms with E-state index in [0.29, 0.717) is 16.9 Å². The van der Waals surface area contributed by atoms with Gasteiger partial charge in [-0.25, -0.2) is 10.2 Å². The van der Waals surface area contributed by atoms with E-state index in [9.17, 15) is 14.4 Å². The van der Waals surface area contributed by atoms with E-state index in [1.165, 1.54) is 12.3 Å². The zero-order valence-electron chi connectivity index (χ0n) is 16.8. The highest BCUT2D eigenvalue weighted by Crippen LogP contribution is 2.29. The van der Waals surface area contributed by atoms with Crippen LogP contribution >= 0.6 is 23.2 Å². The lowest BCUT2D eigenvalue weighted by Crippen LogP contribution is -2.32. The van der Waals surface area contributed by atoms with Crippen molar-refractivity contribution in [2.45, 2.75) is 6.92 Å². The third-order valence-corrected chi connectivity index (χ3v) is 5.06. The molecule has 2 amide bonds. The van der Waals surface area contributed by atoms with E-state index in [0.717, 1.165) is 5.56 Å². The summed E-state index contributed by atoms with van der Waals surface area (Å²) in [6.07, 6.45) is 1.34. The van der Waals surface area contributed by atoms with E-state index >= 15 is 0 Å². The Hall–Kier alpha value is -3.68. The quantitative estimate of drug-likeness (QED) is 0.187. The number of aryl methyl sites for hydroxylation is 1. The lowest BCUT2D eigenvalue weighted by molar-refractivity contribution is -0.136. The fraction of sp³-hybridized carbons (Fsp3) is 0.0435. The molecule has 3 aromatic rings. The minimum Gasteiger partial charge on any atom is -0.423 e. The van der Waals surface area contributed by atoms with Gasteiger partial charge in [-0.05, 0) is 60.5 Å². The van der Waals surface area contributed by atoms with Crippen LogP contribution in [0.1, 0.15) is 21.5 Å². The second-order valence-corrected chi connectivity index (χ2v) is 7.31. The fourth-order valence-electron chi connectivity index (χ4n) is 2.58. The number of carbonyl (C=O) groups is 3. The summed E-state index contributed by atoms with van der Waals surface area (Å²) in [6, 6.07) is 18.2. The van der Waals surface area contributed by atoms with Crippen LogP contribution in [0.4, 0.5) is 5.69 Å². The predicted molar refractivity (Wildman–Crippen MR) is 123 cm³/mol. The third kappa shape index (κ3) is 5.94. The lowest BCUT2D eigenvalue weighted by Gasteiger charge is -2.07. The molecule has 0 aliphatic rings. The standard InChI is InChI=1S/C23H17Cl2N3O4/c1-14-5-2-3-6-17(14)23(31)32-16-11-9-15(10-12-16)13-26-28-22(30)21(29)27-19-8-4-7-18(24)20(19)25/h2-13H,1H3,(H,27,29)(H,28,30). The van der Waals surface area contributed by atoms with Crippen LogP contribution in [-0.4, -0.2) is 24.0 Å². The largest absolute Gasteiger partial charge is 0.423 e. The highest BCUT2D eigenvalue weighted by molar-refractivity contribution is 6.45. The normalized spacial score (nSPS) is 10.6. The van der Waals surface area contributed by atoms with Gasteiger partial charge in [0.05, 0.1) is 27.5 Å². The van der Waals surface area contributed by atoms with Gasteiger partial charge in [0.2, 0.25) is 0 Å². The number of benzene rings is 3. The van der Waals surface area contributed by atoms with Gasteiger partial charge in [-0.15, -0.1) is 0 Å². The first-order valence-corrected chi connectivity index (χ1v) is 10.1. The summed E-state index contributed by atoms with van der Waals surface area (Å²) < 4.78 is 5.36. The minimum atomic E-state index is -0.985. The van der Waals surface area contributed by atoms with Crippen molar-refractivity contribution in [1.29, 1.82) is 0 Å². The summed E-state index contributed by atoms with van der Waals surface area (Å²) in [5.41, 5.74) is 4.24. The molecule has 0 unspecified atom stereocenters. The number of anilines is 1. The molecule has 9 heteroatoms. The molecule has 0 atom stereocenters. The Bertz CT molecular complexity index is 1190. The van der Waals surface area contributed by atoms with Crippen LogP contribution < -0.4 is 15.5 Å². The van der Waals surface area contributed by atoms with E-state index in [4.69, 9.17) is 27.9 Å². The van der Waals surface area contributed by atoms with Crippen LogP contribution in [0.3, 0.4) is 0 Å². The molecule has 162 valence electrons. The van der Waals surface area contributed by atoms with E-state index in [2.05, 4.69) is 15.8 Å². The van der Waals surface area contributed by atoms with Gasteiger partial charge in [0.1, 0.15) is 5.75 Å². The maximum Gasteiger partial charge on any atom is 0.343 e. The van der Waals surface area contributed by atoms with Crippen LogP contribution in [0, 0.1) is 6.92 Å². The molecule has 0 heterocycles. The number of halogens is 2. The van der Waals surface area contributed by atoms with Crippen molar-refractivity contribution in [2.75, 3.05) is 5.32 Å². The Kier molecular flexibility index (Phi) is 7.59. The lowest BCUT2D eigenvalue weighted by atomic mass is 10.1. The maximum atomic E-state index is 12.3. The smallest absolute Gasteiger partial charge is 0.343 e. The summed E-state index contributed by atoms with van der Waals surface area (Å²) in [6.45, 7) is 1.83. The molecule has 0 radical (unpaired) electrons. The Morgan fingerprint density at radius 3 is 2.34 bits per heavy atom. The molecular weight excluding hydrogens is 453 g/mol. The number of esters is 1. The molecule has 7 nitrogen and oxygen atoms in total. The number of hydrogen-bond acceptors (Lipinski definition) is 5. The maximum absolute atomic E-state index is 12.3. The number of carbonyl (C=O) groups excluding carboxylic acids is 3. The Morgan fingerprint density at radius 2 is 1.62 bits per heavy atom. The SMILES string of the molecule is Cc1ccccc1C(=O)Oc1ccc(C=NNC(=O)C(=O)Nc2cccc(Cl)c2Cl)cc1. The van der Waals surface area contributed by atoms with E-state index in [1.54, 1.807) is 48.5 Å². The minimum absolute atomic E-state index is 0.127. The zero-order valence-corrected chi connectivity index (χ0v) is 18.3. The molecule has 0 saturated heterocycles. The fourth-order valence-corrected chi connectivity index (χ4v) is 2.93. The number of hydrogen-bond donors (Lipinski definition) is 2. The predicted octanol–water partition coefficient (Wildman–Crippen LogP) is 4.61. The first-order chi connectivity index (χ1) is 15.3. The molecule has 2 N–H and O–H groups in total. The summed E-state index contributed by atoms with van der Waals surface area (Å²) >= 11 is 11.8. The molecule has 0 aliphatic heterocycles. The molecular formula is C23H17Cl2N3O4. The summed E-state index contributed by atoms with van der Waals surface area (Å²) in [4.78, 5) is 36.1. The van der Waals surface area contributed by atoms with Gasteiger partial charge in [-0.1, -0.05) is 47.5 Å². The second kappa shape index (κ2) is 10.6. The van der Waals surface area contributed by atoms with Crippen LogP contribution in [0.2, 0.25) is 10.0 Å². The average Bonchev–Trinajstić information content (AvgIpc) is 2.78. The third-order valence-electron chi connectivity index (χ3n) is 4.24. The van der Waals surface area contributed by atoms with Crippen molar-refractivity contribution < 1.29 is 19.1 Å². The van der Waals surface area contributed by atoms with E-state index in [-0.39, 0.29) is 15.7 Å². The van der Waals surface area contributed by atoms with E-state index in [1.807, 2.05) is 19.1 Å². The van der Waals surface area contributed by atoms with Crippen LogP contribution in [-0.2, 0) is 9.59 Å². The first kappa shape index (κ1) is 23.0. The summed E-state index contributed by atoms with van der Waals surface area (Å²) in [5.74, 6) is -2.04. The molecule has 32 heavy (non-hydrogen) atoms. The van der Waals surface area contributed by atoms with Crippen molar-refractivity contribution in [1.82, 2.24) is 5.43 Å². The number of rotatable bonds is 5. The Balaban J connectivity index is 1.53. The number of nitrogens with one attached hydrogen (secondary N) is 2. The highest BCUT2D eigenvalue weighted by Gasteiger charge is 2.15. The number of ether oxygens (including phenoxy) is 1. The monoisotopic (exact) mass is 469 g/mol. The summed E-state index contributed by atoms with van der Waals surface area (Å²) in [5, 5.41) is 6.47. The number of nitrogens with zero attached hydrogens (tertiary/aromatic N) is 1. The van der Waals surface area contributed by atoms with Gasteiger partial charge in [-0.2, -0.15) is 5.10 Å². The van der Waals surface area contributed by atoms with Crippen LogP contribution in [0.5, 0.6) is 5.75 Å². The van der Waals surface area contributed by atoms with Gasteiger partial charge in [0.25, 0.3) is 0 Å². The molecule has 0 saturated carbocycles. The van der Waals surface area contributed by atoms with Crippen molar-refractivity contribution >= 4 is 52.9 Å².